The fourth-order valence-electron chi connectivity index (χ4n) is 1.81. The Balaban J connectivity index is 2.10. The molecule has 0 bridgehead atoms. The summed E-state index contributed by atoms with van der Waals surface area (Å²) in [5.74, 6) is -0.543. The van der Waals surface area contributed by atoms with Crippen molar-refractivity contribution in [2.75, 3.05) is 6.54 Å². The second kappa shape index (κ2) is 8.71. The first-order valence-corrected chi connectivity index (χ1v) is 9.15. The zero-order chi connectivity index (χ0) is 16.7. The van der Waals surface area contributed by atoms with Gasteiger partial charge in [-0.1, -0.05) is 29.0 Å². The summed E-state index contributed by atoms with van der Waals surface area (Å²) >= 11 is 0. The van der Waals surface area contributed by atoms with Gasteiger partial charge in [-0.05, 0) is 42.0 Å². The molecule has 0 unspecified atom stereocenters. The van der Waals surface area contributed by atoms with Crippen LogP contribution in [0, 0.1) is 0 Å². The number of nitrogens with zero attached hydrogens (tertiary/aromatic N) is 1. The molecule has 0 aliphatic carbocycles. The van der Waals surface area contributed by atoms with Gasteiger partial charge in [0.05, 0.1) is 18.2 Å². The maximum absolute atomic E-state index is 12.5. The van der Waals surface area contributed by atoms with Crippen LogP contribution in [0.2, 0.25) is 0 Å². The molecule has 0 radical (unpaired) electrons. The number of carbonyl (C=O) groups is 2. The molecule has 0 aliphatic rings. The van der Waals surface area contributed by atoms with Gasteiger partial charge in [-0.25, -0.2) is 4.98 Å². The lowest BCUT2D eigenvalue weighted by atomic mass is 10.1. The van der Waals surface area contributed by atoms with Gasteiger partial charge in [0, 0.05) is 11.1 Å². The topological polar surface area (TPSA) is 85.1 Å². The highest BCUT2D eigenvalue weighted by atomic mass is 33.1. The summed E-state index contributed by atoms with van der Waals surface area (Å²) in [7, 11) is 2.95. The molecule has 0 aliphatic heterocycles. The van der Waals surface area contributed by atoms with Crippen LogP contribution >= 0.6 is 21.6 Å². The largest absolute Gasteiger partial charge is 0.345 e. The molecule has 1 amide bonds. The standard InChI is InChI=1S/C16H17N3O2S2/c1-11(19-14(20)10-17)15(21)13-8-5-9-18-16(13)23-22-12-6-3-2-4-7-12/h2-9,11H,10,17H2,1H3,(H,19,20)/t11-/m0/s1. The minimum Gasteiger partial charge on any atom is -0.345 e. The molecule has 1 aromatic heterocycles. The molecule has 120 valence electrons. The second-order valence-corrected chi connectivity index (χ2v) is 6.88. The maximum atomic E-state index is 12.5. The van der Waals surface area contributed by atoms with Crippen molar-refractivity contribution in [1.82, 2.24) is 10.3 Å². The number of nitrogens with one attached hydrogen (secondary N) is 1. The van der Waals surface area contributed by atoms with Gasteiger partial charge in [0.2, 0.25) is 5.91 Å². The minimum atomic E-state index is -0.642. The molecule has 0 saturated heterocycles. The molecule has 2 aromatic rings. The van der Waals surface area contributed by atoms with Gasteiger partial charge < -0.3 is 11.1 Å². The molecule has 1 heterocycles. The van der Waals surface area contributed by atoms with Crippen LogP contribution in [-0.4, -0.2) is 29.3 Å². The highest BCUT2D eigenvalue weighted by Gasteiger charge is 2.20. The molecular weight excluding hydrogens is 330 g/mol. The van der Waals surface area contributed by atoms with Crippen molar-refractivity contribution >= 4 is 33.3 Å². The number of hydrogen-bond acceptors (Lipinski definition) is 6. The third-order valence-corrected chi connectivity index (χ3v) is 5.28. The molecule has 23 heavy (non-hydrogen) atoms. The summed E-state index contributed by atoms with van der Waals surface area (Å²) in [4.78, 5) is 29.2. The average molecular weight is 347 g/mol. The third kappa shape index (κ3) is 5.09. The number of rotatable bonds is 7. The van der Waals surface area contributed by atoms with Gasteiger partial charge >= 0.3 is 0 Å². The van der Waals surface area contributed by atoms with Crippen LogP contribution in [0.3, 0.4) is 0 Å². The highest BCUT2D eigenvalue weighted by Crippen LogP contribution is 2.37. The van der Waals surface area contributed by atoms with Crippen molar-refractivity contribution in [1.29, 1.82) is 0 Å². The number of carbonyl (C=O) groups excluding carboxylic acids is 2. The average Bonchev–Trinajstić information content (AvgIpc) is 2.60. The van der Waals surface area contributed by atoms with Crippen LogP contribution < -0.4 is 11.1 Å². The van der Waals surface area contributed by atoms with Crippen LogP contribution in [0.15, 0.2) is 58.6 Å². The van der Waals surface area contributed by atoms with Crippen LogP contribution in [0.4, 0.5) is 0 Å². The molecule has 0 saturated carbocycles. The van der Waals surface area contributed by atoms with Crippen LogP contribution in [0.1, 0.15) is 17.3 Å². The summed E-state index contributed by atoms with van der Waals surface area (Å²) in [6.07, 6.45) is 1.65. The zero-order valence-electron chi connectivity index (χ0n) is 12.6. The number of hydrogen-bond donors (Lipinski definition) is 2. The fourth-order valence-corrected chi connectivity index (χ4v) is 3.87. The van der Waals surface area contributed by atoms with E-state index in [1.54, 1.807) is 25.3 Å². The minimum absolute atomic E-state index is 0.143. The lowest BCUT2D eigenvalue weighted by molar-refractivity contribution is -0.120. The Hall–Kier alpha value is -1.83. The molecule has 0 spiro atoms. The Kier molecular flexibility index (Phi) is 6.64. The van der Waals surface area contributed by atoms with E-state index in [0.29, 0.717) is 10.6 Å². The molecule has 3 N–H and O–H groups in total. The first-order chi connectivity index (χ1) is 11.1. The summed E-state index contributed by atoms with van der Waals surface area (Å²) in [6, 6.07) is 12.6. The van der Waals surface area contributed by atoms with E-state index in [1.807, 2.05) is 30.3 Å². The smallest absolute Gasteiger partial charge is 0.234 e. The normalized spacial score (nSPS) is 11.7. The zero-order valence-corrected chi connectivity index (χ0v) is 14.2. The van der Waals surface area contributed by atoms with Crippen molar-refractivity contribution in [2.24, 2.45) is 5.73 Å². The van der Waals surface area contributed by atoms with Gasteiger partial charge in [-0.2, -0.15) is 0 Å². The predicted molar refractivity (Wildman–Crippen MR) is 93.4 cm³/mol. The van der Waals surface area contributed by atoms with Gasteiger partial charge in [0.25, 0.3) is 0 Å². The van der Waals surface area contributed by atoms with Gasteiger partial charge in [0.1, 0.15) is 5.03 Å². The highest BCUT2D eigenvalue weighted by molar-refractivity contribution is 8.76. The van der Waals surface area contributed by atoms with E-state index in [0.717, 1.165) is 4.90 Å². The first kappa shape index (κ1) is 17.5. The summed E-state index contributed by atoms with van der Waals surface area (Å²) < 4.78 is 0. The van der Waals surface area contributed by atoms with Crippen molar-refractivity contribution in [3.63, 3.8) is 0 Å². The van der Waals surface area contributed by atoms with E-state index < -0.39 is 6.04 Å². The lowest BCUT2D eigenvalue weighted by Crippen LogP contribution is -2.41. The van der Waals surface area contributed by atoms with Gasteiger partial charge in [-0.15, -0.1) is 0 Å². The number of ketones is 1. The van der Waals surface area contributed by atoms with E-state index in [9.17, 15) is 9.59 Å². The van der Waals surface area contributed by atoms with Crippen molar-refractivity contribution in [3.8, 4) is 0 Å². The quantitative estimate of drug-likeness (QED) is 0.591. The molecule has 7 heteroatoms. The Morgan fingerprint density at radius 3 is 2.61 bits per heavy atom. The van der Waals surface area contributed by atoms with Crippen molar-refractivity contribution < 1.29 is 9.59 Å². The molecule has 5 nitrogen and oxygen atoms in total. The van der Waals surface area contributed by atoms with Crippen molar-refractivity contribution in [3.05, 3.63) is 54.2 Å². The van der Waals surface area contributed by atoms with Crippen molar-refractivity contribution in [2.45, 2.75) is 22.9 Å². The number of benzene rings is 1. The van der Waals surface area contributed by atoms with Crippen LogP contribution in [0.25, 0.3) is 0 Å². The van der Waals surface area contributed by atoms with E-state index in [2.05, 4.69) is 10.3 Å². The van der Waals surface area contributed by atoms with Crippen LogP contribution in [0.5, 0.6) is 0 Å². The molecule has 0 fully saturated rings. The Morgan fingerprint density at radius 1 is 1.17 bits per heavy atom. The van der Waals surface area contributed by atoms with E-state index >= 15 is 0 Å². The Labute approximate surface area is 142 Å². The molecule has 1 aromatic carbocycles. The monoisotopic (exact) mass is 347 g/mol. The number of Topliss-reactive ketones (excluding diaryl/α,β-unsaturated/α-hetero) is 1. The summed E-state index contributed by atoms with van der Waals surface area (Å²) in [6.45, 7) is 1.50. The van der Waals surface area contributed by atoms with E-state index in [4.69, 9.17) is 5.73 Å². The number of amides is 1. The van der Waals surface area contributed by atoms with Gasteiger partial charge in [-0.3, -0.25) is 9.59 Å². The van der Waals surface area contributed by atoms with Gasteiger partial charge in [0.15, 0.2) is 5.78 Å². The van der Waals surface area contributed by atoms with E-state index in [1.165, 1.54) is 21.6 Å². The SMILES string of the molecule is C[C@H](NC(=O)CN)C(=O)c1cccnc1SSc1ccccc1. The predicted octanol–water partition coefficient (Wildman–Crippen LogP) is 2.53. The second-order valence-electron chi connectivity index (χ2n) is 4.69. The number of pyridine rings is 1. The summed E-state index contributed by atoms with van der Waals surface area (Å²) in [5, 5.41) is 3.20. The Morgan fingerprint density at radius 2 is 1.91 bits per heavy atom. The first-order valence-electron chi connectivity index (χ1n) is 7.00. The molecule has 1 atom stereocenters. The molecule has 2 rings (SSSR count). The molecular formula is C16H17N3O2S2. The number of aromatic nitrogens is 1. The summed E-state index contributed by atoms with van der Waals surface area (Å²) in [5.41, 5.74) is 5.75. The number of nitrogens with two attached hydrogens (primary N) is 1. The van der Waals surface area contributed by atoms with Crippen LogP contribution in [-0.2, 0) is 4.79 Å². The van der Waals surface area contributed by atoms with E-state index in [-0.39, 0.29) is 18.2 Å². The maximum Gasteiger partial charge on any atom is 0.234 e. The lowest BCUT2D eigenvalue weighted by Gasteiger charge is -2.14. The fraction of sp³-hybridized carbons (Fsp3) is 0.188. The third-order valence-electron chi connectivity index (χ3n) is 2.95. The Bertz CT molecular complexity index is 680.